The van der Waals surface area contributed by atoms with Gasteiger partial charge in [0.1, 0.15) is 17.8 Å². The summed E-state index contributed by atoms with van der Waals surface area (Å²) >= 11 is 0. The monoisotopic (exact) mass is 520 g/mol. The van der Waals surface area contributed by atoms with Crippen LogP contribution in [0.15, 0.2) is 66.1 Å². The first-order valence-corrected chi connectivity index (χ1v) is 14.4. The Kier molecular flexibility index (Phi) is 5.10. The molecule has 0 saturated heterocycles. The van der Waals surface area contributed by atoms with Gasteiger partial charge in [0.2, 0.25) is 15.9 Å². The number of amides is 1. The summed E-state index contributed by atoms with van der Waals surface area (Å²) in [6.07, 6.45) is 9.93. The lowest BCUT2D eigenvalue weighted by molar-refractivity contribution is -0.144. The fraction of sp³-hybridized carbons (Fsp3) is 0.481. The lowest BCUT2D eigenvalue weighted by atomic mass is 9.49. The van der Waals surface area contributed by atoms with E-state index in [0.29, 0.717) is 34.6 Å². The molecule has 0 radical (unpaired) electrons. The average Bonchev–Trinajstić information content (AvgIpc) is 2.87. The predicted molar refractivity (Wildman–Crippen MR) is 138 cm³/mol. The van der Waals surface area contributed by atoms with E-state index in [1.807, 2.05) is 0 Å². The summed E-state index contributed by atoms with van der Waals surface area (Å²) in [5, 5.41) is 3.67. The summed E-state index contributed by atoms with van der Waals surface area (Å²) in [4.78, 5) is 34.0. The Morgan fingerprint density at radius 2 is 1.78 bits per heavy atom. The van der Waals surface area contributed by atoms with Crippen LogP contribution < -0.4 is 10.9 Å². The Balaban J connectivity index is 1.11. The number of carbonyl (C=O) groups is 1. The van der Waals surface area contributed by atoms with Crippen molar-refractivity contribution >= 4 is 39.1 Å². The molecule has 8 rings (SSSR count). The standard InChI is InChI=1S/C27H28N4O5S/c32-24-4-1-19-10-20(2-3-23(19)36-24)37(34,35)31-6-5-21-22(14-31)28-15-29-25(21)30-26(33)27-11-16-7-17(12-27)9-18(8-16)13-27/h1-5,10,15-18,22H,6-9,11-14H2,(H,28,29,30,33). The number of rotatable bonds is 3. The third-order valence-electron chi connectivity index (χ3n) is 8.94. The molecule has 10 heteroatoms. The van der Waals surface area contributed by atoms with Crippen LogP contribution in [0.4, 0.5) is 0 Å². The highest BCUT2D eigenvalue weighted by Crippen LogP contribution is 2.60. The number of benzene rings is 1. The second-order valence-corrected chi connectivity index (χ2v) is 13.3. The Morgan fingerprint density at radius 1 is 1.05 bits per heavy atom. The van der Waals surface area contributed by atoms with Crippen molar-refractivity contribution in [1.82, 2.24) is 9.62 Å². The molecule has 4 aliphatic carbocycles. The quantitative estimate of drug-likeness (QED) is 0.624. The predicted octanol–water partition coefficient (Wildman–Crippen LogP) is 2.87. The van der Waals surface area contributed by atoms with Crippen molar-refractivity contribution < 1.29 is 17.6 Å². The van der Waals surface area contributed by atoms with Gasteiger partial charge in [-0.05, 0) is 80.5 Å². The van der Waals surface area contributed by atoms with Gasteiger partial charge in [0.05, 0.1) is 16.4 Å². The van der Waals surface area contributed by atoms with Crippen molar-refractivity contribution in [3.8, 4) is 0 Å². The molecular formula is C27H28N4O5S. The van der Waals surface area contributed by atoms with Gasteiger partial charge in [-0.3, -0.25) is 9.79 Å². The fourth-order valence-electron chi connectivity index (χ4n) is 7.62. The third-order valence-corrected chi connectivity index (χ3v) is 10.8. The third kappa shape index (κ3) is 3.80. The van der Waals surface area contributed by atoms with Gasteiger partial charge in [-0.25, -0.2) is 18.2 Å². The minimum Gasteiger partial charge on any atom is -0.423 e. The zero-order valence-electron chi connectivity index (χ0n) is 20.3. The first kappa shape index (κ1) is 23.0. The van der Waals surface area contributed by atoms with E-state index in [9.17, 15) is 18.0 Å². The summed E-state index contributed by atoms with van der Waals surface area (Å²) in [6, 6.07) is 6.83. The van der Waals surface area contributed by atoms with Crippen LogP contribution in [0.5, 0.6) is 0 Å². The zero-order chi connectivity index (χ0) is 25.4. The number of nitrogens with zero attached hydrogens (tertiary/aromatic N) is 3. The number of sulfonamides is 1. The van der Waals surface area contributed by atoms with Crippen molar-refractivity contribution in [2.45, 2.75) is 49.5 Å². The van der Waals surface area contributed by atoms with E-state index in [2.05, 4.69) is 15.3 Å². The molecule has 1 unspecified atom stereocenters. The van der Waals surface area contributed by atoms with E-state index in [1.165, 1.54) is 54.2 Å². The molecule has 1 aromatic carbocycles. The maximum Gasteiger partial charge on any atom is 0.336 e. The minimum absolute atomic E-state index is 0.0677. The Labute approximate surface area is 214 Å². The molecule has 192 valence electrons. The van der Waals surface area contributed by atoms with E-state index in [4.69, 9.17) is 4.42 Å². The van der Waals surface area contributed by atoms with Crippen LogP contribution in [0.3, 0.4) is 0 Å². The van der Waals surface area contributed by atoms with Crippen LogP contribution in [0.2, 0.25) is 0 Å². The summed E-state index contributed by atoms with van der Waals surface area (Å²) < 4.78 is 33.4. The highest BCUT2D eigenvalue weighted by molar-refractivity contribution is 7.89. The van der Waals surface area contributed by atoms with E-state index >= 15 is 0 Å². The maximum absolute atomic E-state index is 13.6. The molecule has 3 heterocycles. The van der Waals surface area contributed by atoms with Gasteiger partial charge in [-0.2, -0.15) is 4.31 Å². The molecule has 4 bridgehead atoms. The second kappa shape index (κ2) is 8.19. The normalized spacial score (nSPS) is 32.6. The first-order valence-electron chi connectivity index (χ1n) is 12.9. The number of carbonyl (C=O) groups excluding carboxylic acids is 1. The van der Waals surface area contributed by atoms with Crippen LogP contribution in [-0.2, 0) is 14.8 Å². The molecule has 4 fully saturated rings. The highest BCUT2D eigenvalue weighted by atomic mass is 32.2. The number of fused-ring (bicyclic) bond motifs is 2. The van der Waals surface area contributed by atoms with Crippen LogP contribution in [0.25, 0.3) is 11.0 Å². The van der Waals surface area contributed by atoms with Crippen molar-refractivity contribution in [3.63, 3.8) is 0 Å². The number of hydrogen-bond donors (Lipinski definition) is 1. The molecule has 2 aromatic rings. The molecule has 37 heavy (non-hydrogen) atoms. The van der Waals surface area contributed by atoms with Crippen molar-refractivity contribution in [3.05, 3.63) is 52.4 Å². The number of hydrogen-bond acceptors (Lipinski definition) is 7. The zero-order valence-corrected chi connectivity index (χ0v) is 21.1. The van der Waals surface area contributed by atoms with Crippen molar-refractivity contribution in [1.29, 1.82) is 0 Å². The van der Waals surface area contributed by atoms with Gasteiger partial charge < -0.3 is 9.73 Å². The van der Waals surface area contributed by atoms with E-state index in [-0.39, 0.29) is 29.3 Å². The molecule has 1 N–H and O–H groups in total. The number of aliphatic imine (C=N–C) groups is 2. The summed E-state index contributed by atoms with van der Waals surface area (Å²) in [5.41, 5.74) is 0.327. The lowest BCUT2D eigenvalue weighted by Gasteiger charge is -2.55. The van der Waals surface area contributed by atoms with Gasteiger partial charge in [0, 0.05) is 30.1 Å². The van der Waals surface area contributed by atoms with Crippen molar-refractivity contribution in [2.75, 3.05) is 13.1 Å². The molecule has 1 amide bonds. The van der Waals surface area contributed by atoms with Crippen LogP contribution in [0.1, 0.15) is 38.5 Å². The molecular weight excluding hydrogens is 492 g/mol. The second-order valence-electron chi connectivity index (χ2n) is 11.3. The summed E-state index contributed by atoms with van der Waals surface area (Å²) in [7, 11) is -3.82. The van der Waals surface area contributed by atoms with Crippen LogP contribution in [-0.4, -0.2) is 49.9 Å². The molecule has 1 atom stereocenters. The molecule has 4 saturated carbocycles. The molecule has 0 spiro atoms. The number of amidine groups is 1. The van der Waals surface area contributed by atoms with E-state index in [1.54, 1.807) is 12.1 Å². The minimum atomic E-state index is -3.82. The topological polar surface area (TPSA) is 121 Å². The van der Waals surface area contributed by atoms with Crippen LogP contribution >= 0.6 is 0 Å². The van der Waals surface area contributed by atoms with Gasteiger partial charge >= 0.3 is 5.63 Å². The highest BCUT2D eigenvalue weighted by Gasteiger charge is 2.55. The van der Waals surface area contributed by atoms with Gasteiger partial charge in [-0.15, -0.1) is 0 Å². The summed E-state index contributed by atoms with van der Waals surface area (Å²) in [6.45, 7) is 0.302. The first-order chi connectivity index (χ1) is 17.8. The molecule has 6 aliphatic rings. The Bertz CT molecular complexity index is 1540. The Morgan fingerprint density at radius 3 is 2.51 bits per heavy atom. The summed E-state index contributed by atoms with van der Waals surface area (Å²) in [5.74, 6) is 2.56. The van der Waals surface area contributed by atoms with Crippen molar-refractivity contribution in [2.24, 2.45) is 33.2 Å². The lowest BCUT2D eigenvalue weighted by Crippen LogP contribution is -2.55. The molecule has 1 aromatic heterocycles. The number of nitrogens with one attached hydrogen (secondary N) is 1. The molecule has 9 nitrogen and oxygen atoms in total. The Hall–Kier alpha value is -3.11. The molecule has 2 aliphatic heterocycles. The fourth-order valence-corrected chi connectivity index (χ4v) is 9.04. The smallest absolute Gasteiger partial charge is 0.336 e. The largest absolute Gasteiger partial charge is 0.423 e. The van der Waals surface area contributed by atoms with Gasteiger partial charge in [0.15, 0.2) is 0 Å². The maximum atomic E-state index is 13.6. The SMILES string of the molecule is O=C(NC1=NC=NC2CN(S(=O)(=O)c3ccc4oc(=O)ccc4c3)CC=C12)C12CC3CC(CC(C3)C1)C2. The van der Waals surface area contributed by atoms with Gasteiger partial charge in [-0.1, -0.05) is 6.08 Å². The van der Waals surface area contributed by atoms with Gasteiger partial charge in [0.25, 0.3) is 0 Å². The average molecular weight is 521 g/mol. The van der Waals surface area contributed by atoms with E-state index in [0.717, 1.165) is 24.8 Å². The van der Waals surface area contributed by atoms with Crippen LogP contribution in [0, 0.1) is 23.2 Å². The van der Waals surface area contributed by atoms with E-state index < -0.39 is 21.7 Å².